The average molecular weight is 275 g/mol. The topological polar surface area (TPSA) is 72.5 Å². The normalized spacial score (nSPS) is 10.2. The van der Waals surface area contributed by atoms with E-state index in [4.69, 9.17) is 15.6 Å². The van der Waals surface area contributed by atoms with Gasteiger partial charge in [-0.3, -0.25) is 0 Å². The second-order valence-corrected chi connectivity index (χ2v) is 4.95. The molecule has 0 fully saturated rings. The van der Waals surface area contributed by atoms with E-state index in [0.29, 0.717) is 10.6 Å². The molecule has 0 atom stereocenters. The number of ether oxygens (including phenoxy) is 1. The second-order valence-electron chi connectivity index (χ2n) is 3.84. The molecule has 0 aliphatic carbocycles. The zero-order valence-electron chi connectivity index (χ0n) is 10.3. The van der Waals surface area contributed by atoms with Crippen LogP contribution < -0.4 is 10.5 Å². The molecule has 0 bridgehead atoms. The van der Waals surface area contributed by atoms with Gasteiger partial charge in [0.15, 0.2) is 0 Å². The molecule has 0 aromatic heterocycles. The maximum atomic E-state index is 10.9. The molecule has 0 spiro atoms. The Balaban J connectivity index is 2.31. The van der Waals surface area contributed by atoms with Gasteiger partial charge < -0.3 is 15.6 Å². The van der Waals surface area contributed by atoms with E-state index in [1.54, 1.807) is 19.2 Å². The summed E-state index contributed by atoms with van der Waals surface area (Å²) in [6.45, 7) is 0. The van der Waals surface area contributed by atoms with E-state index in [9.17, 15) is 4.79 Å². The van der Waals surface area contributed by atoms with Gasteiger partial charge in [-0.25, -0.2) is 4.79 Å². The van der Waals surface area contributed by atoms with E-state index in [2.05, 4.69) is 0 Å². The third-order valence-corrected chi connectivity index (χ3v) is 3.59. The van der Waals surface area contributed by atoms with Crippen LogP contribution in [0.15, 0.2) is 52.3 Å². The molecule has 0 heterocycles. The van der Waals surface area contributed by atoms with E-state index >= 15 is 0 Å². The fourth-order valence-corrected chi connectivity index (χ4v) is 2.49. The highest BCUT2D eigenvalue weighted by molar-refractivity contribution is 7.99. The minimum Gasteiger partial charge on any atom is -0.497 e. The molecular weight excluding hydrogens is 262 g/mol. The Morgan fingerprint density at radius 3 is 2.74 bits per heavy atom. The van der Waals surface area contributed by atoms with Gasteiger partial charge in [-0.15, -0.1) is 0 Å². The molecule has 4 nitrogen and oxygen atoms in total. The highest BCUT2D eigenvalue weighted by Gasteiger charge is 2.08. The number of aromatic carboxylic acids is 1. The Kier molecular flexibility index (Phi) is 3.97. The molecule has 0 saturated heterocycles. The monoisotopic (exact) mass is 275 g/mol. The predicted octanol–water partition coefficient (Wildman–Crippen LogP) is 3.13. The Bertz CT molecular complexity index is 613. The van der Waals surface area contributed by atoms with Crippen LogP contribution in [0.25, 0.3) is 0 Å². The first-order valence-corrected chi connectivity index (χ1v) is 6.36. The molecule has 19 heavy (non-hydrogen) atoms. The highest BCUT2D eigenvalue weighted by atomic mass is 32.2. The number of methoxy groups -OCH3 is 1. The lowest BCUT2D eigenvalue weighted by Gasteiger charge is -2.07. The van der Waals surface area contributed by atoms with Crippen molar-refractivity contribution in [1.29, 1.82) is 0 Å². The summed E-state index contributed by atoms with van der Waals surface area (Å²) in [4.78, 5) is 12.6. The molecule has 0 radical (unpaired) electrons. The molecule has 0 amide bonds. The van der Waals surface area contributed by atoms with Crippen LogP contribution in [0, 0.1) is 0 Å². The van der Waals surface area contributed by atoms with Crippen LogP contribution >= 0.6 is 11.8 Å². The van der Waals surface area contributed by atoms with Crippen molar-refractivity contribution in [2.24, 2.45) is 0 Å². The van der Waals surface area contributed by atoms with Crippen molar-refractivity contribution in [3.8, 4) is 5.75 Å². The number of rotatable bonds is 4. The van der Waals surface area contributed by atoms with Crippen LogP contribution in [-0.2, 0) is 0 Å². The first-order valence-electron chi connectivity index (χ1n) is 5.55. The van der Waals surface area contributed by atoms with Gasteiger partial charge in [-0.1, -0.05) is 17.8 Å². The summed E-state index contributed by atoms with van der Waals surface area (Å²) in [7, 11) is 1.60. The summed E-state index contributed by atoms with van der Waals surface area (Å²) in [5.74, 6) is -0.217. The van der Waals surface area contributed by atoms with Crippen molar-refractivity contribution < 1.29 is 14.6 Å². The second kappa shape index (κ2) is 5.67. The lowest BCUT2D eigenvalue weighted by Crippen LogP contribution is -1.98. The van der Waals surface area contributed by atoms with Crippen LogP contribution in [0.3, 0.4) is 0 Å². The van der Waals surface area contributed by atoms with E-state index in [-0.39, 0.29) is 5.56 Å². The number of anilines is 1. The van der Waals surface area contributed by atoms with Crippen molar-refractivity contribution in [3.05, 3.63) is 48.0 Å². The van der Waals surface area contributed by atoms with Gasteiger partial charge in [0, 0.05) is 15.5 Å². The number of carbonyl (C=O) groups is 1. The van der Waals surface area contributed by atoms with Gasteiger partial charge in [0.1, 0.15) is 5.75 Å². The summed E-state index contributed by atoms with van der Waals surface area (Å²) in [5.41, 5.74) is 6.64. The van der Waals surface area contributed by atoms with Crippen LogP contribution in [0.4, 0.5) is 5.69 Å². The van der Waals surface area contributed by atoms with Gasteiger partial charge in [-0.2, -0.15) is 0 Å². The van der Waals surface area contributed by atoms with Gasteiger partial charge in [-0.05, 0) is 36.4 Å². The zero-order valence-corrected chi connectivity index (χ0v) is 11.1. The van der Waals surface area contributed by atoms with Gasteiger partial charge in [0.05, 0.1) is 12.7 Å². The molecule has 0 aliphatic heterocycles. The third-order valence-electron chi connectivity index (χ3n) is 2.53. The molecule has 3 N–H and O–H groups in total. The Morgan fingerprint density at radius 2 is 2.05 bits per heavy atom. The summed E-state index contributed by atoms with van der Waals surface area (Å²) in [6, 6.07) is 12.2. The van der Waals surface area contributed by atoms with E-state index in [0.717, 1.165) is 10.6 Å². The maximum absolute atomic E-state index is 10.9. The smallest absolute Gasteiger partial charge is 0.335 e. The molecule has 2 aromatic rings. The maximum Gasteiger partial charge on any atom is 0.335 e. The number of nitrogens with two attached hydrogens (primary N) is 1. The number of nitrogen functional groups attached to an aromatic ring is 1. The zero-order chi connectivity index (χ0) is 13.8. The van der Waals surface area contributed by atoms with E-state index < -0.39 is 5.97 Å². The first-order chi connectivity index (χ1) is 9.10. The molecule has 2 rings (SSSR count). The molecule has 0 aliphatic rings. The van der Waals surface area contributed by atoms with Crippen molar-refractivity contribution in [2.45, 2.75) is 9.79 Å². The average Bonchev–Trinajstić information content (AvgIpc) is 2.41. The van der Waals surface area contributed by atoms with Crippen LogP contribution in [0.5, 0.6) is 5.75 Å². The SMILES string of the molecule is COc1cccc(Sc2cc(C(=O)O)ccc2N)c1. The van der Waals surface area contributed by atoms with Crippen molar-refractivity contribution in [3.63, 3.8) is 0 Å². The van der Waals surface area contributed by atoms with Crippen LogP contribution in [0.1, 0.15) is 10.4 Å². The minimum atomic E-state index is -0.965. The number of carboxylic acid groups (broad SMARTS) is 1. The van der Waals surface area contributed by atoms with Crippen molar-refractivity contribution >= 4 is 23.4 Å². The fraction of sp³-hybridized carbons (Fsp3) is 0.0714. The largest absolute Gasteiger partial charge is 0.497 e. The Morgan fingerprint density at radius 1 is 1.26 bits per heavy atom. The standard InChI is InChI=1S/C14H13NO3S/c1-18-10-3-2-4-11(8-10)19-13-7-9(14(16)17)5-6-12(13)15/h2-8H,15H2,1H3,(H,16,17). The molecule has 2 aromatic carbocycles. The molecular formula is C14H13NO3S. The number of hydrogen-bond donors (Lipinski definition) is 2. The lowest BCUT2D eigenvalue weighted by atomic mass is 10.2. The van der Waals surface area contributed by atoms with E-state index in [1.807, 2.05) is 24.3 Å². The summed E-state index contributed by atoms with van der Waals surface area (Å²) in [5, 5.41) is 8.98. The molecule has 0 saturated carbocycles. The fourth-order valence-electron chi connectivity index (χ4n) is 1.55. The van der Waals surface area contributed by atoms with Gasteiger partial charge in [0.25, 0.3) is 0 Å². The summed E-state index contributed by atoms with van der Waals surface area (Å²) >= 11 is 1.41. The van der Waals surface area contributed by atoms with Gasteiger partial charge in [0.2, 0.25) is 0 Å². The molecule has 98 valence electrons. The minimum absolute atomic E-state index is 0.222. The Hall–Kier alpha value is -2.14. The predicted molar refractivity (Wildman–Crippen MR) is 74.9 cm³/mol. The van der Waals surface area contributed by atoms with Crippen molar-refractivity contribution in [2.75, 3.05) is 12.8 Å². The number of carboxylic acids is 1. The number of benzene rings is 2. The third kappa shape index (κ3) is 3.20. The van der Waals surface area contributed by atoms with Gasteiger partial charge >= 0.3 is 5.97 Å². The molecule has 0 unspecified atom stereocenters. The van der Waals surface area contributed by atoms with Crippen LogP contribution in [0.2, 0.25) is 0 Å². The van der Waals surface area contributed by atoms with E-state index in [1.165, 1.54) is 17.8 Å². The lowest BCUT2D eigenvalue weighted by molar-refractivity contribution is 0.0696. The number of hydrogen-bond acceptors (Lipinski definition) is 4. The molecule has 5 heteroatoms. The van der Waals surface area contributed by atoms with Crippen molar-refractivity contribution in [1.82, 2.24) is 0 Å². The summed E-state index contributed by atoms with van der Waals surface area (Å²) < 4.78 is 5.15. The Labute approximate surface area is 115 Å². The quantitative estimate of drug-likeness (QED) is 0.839. The summed E-state index contributed by atoms with van der Waals surface area (Å²) in [6.07, 6.45) is 0. The highest BCUT2D eigenvalue weighted by Crippen LogP contribution is 2.34. The first kappa shape index (κ1) is 13.3. The van der Waals surface area contributed by atoms with Crippen LogP contribution in [-0.4, -0.2) is 18.2 Å².